The maximum Gasteiger partial charge on any atom is 0.282 e. The summed E-state index contributed by atoms with van der Waals surface area (Å²) < 4.78 is 33.5. The molecule has 0 aromatic carbocycles. The Bertz CT molecular complexity index is 525. The minimum Gasteiger partial charge on any atom is -0.373 e. The van der Waals surface area contributed by atoms with Crippen LogP contribution in [-0.2, 0) is 21.5 Å². The van der Waals surface area contributed by atoms with Crippen LogP contribution in [0, 0.1) is 0 Å². The van der Waals surface area contributed by atoms with E-state index in [-0.39, 0.29) is 12.2 Å². The molecule has 0 bridgehead atoms. The second kappa shape index (κ2) is 6.17. The zero-order valence-corrected chi connectivity index (χ0v) is 12.9. The molecule has 1 aliphatic heterocycles. The van der Waals surface area contributed by atoms with Gasteiger partial charge in [0.1, 0.15) is 0 Å². The molecule has 6 nitrogen and oxygen atoms in total. The van der Waals surface area contributed by atoms with Gasteiger partial charge in [-0.1, -0.05) is 6.07 Å². The van der Waals surface area contributed by atoms with Gasteiger partial charge < -0.3 is 4.74 Å². The van der Waals surface area contributed by atoms with Crippen molar-refractivity contribution in [3.63, 3.8) is 0 Å². The van der Waals surface area contributed by atoms with Crippen molar-refractivity contribution < 1.29 is 13.2 Å². The van der Waals surface area contributed by atoms with Gasteiger partial charge >= 0.3 is 0 Å². The van der Waals surface area contributed by atoms with Crippen LogP contribution in [0.1, 0.15) is 19.4 Å². The molecule has 2 rings (SSSR count). The van der Waals surface area contributed by atoms with Crippen LogP contribution in [0.4, 0.5) is 0 Å². The van der Waals surface area contributed by atoms with Crippen LogP contribution < -0.4 is 0 Å². The van der Waals surface area contributed by atoms with Crippen molar-refractivity contribution in [2.75, 3.05) is 20.1 Å². The fourth-order valence-corrected chi connectivity index (χ4v) is 3.85. The summed E-state index contributed by atoms with van der Waals surface area (Å²) in [4.78, 5) is 4.00. The summed E-state index contributed by atoms with van der Waals surface area (Å²) in [6, 6.07) is 3.66. The maximum atomic E-state index is 12.6. The highest BCUT2D eigenvalue weighted by Crippen LogP contribution is 2.17. The molecular formula is C13H21N3O3S. The monoisotopic (exact) mass is 299 g/mol. The SMILES string of the molecule is C[C@@H]1CN(S(=O)(=O)N(C)Cc2cccnc2)C[C@H](C)O1. The van der Waals surface area contributed by atoms with Gasteiger partial charge in [0.25, 0.3) is 10.2 Å². The zero-order chi connectivity index (χ0) is 14.8. The topological polar surface area (TPSA) is 62.7 Å². The number of ether oxygens (including phenoxy) is 1. The number of hydrogen-bond donors (Lipinski definition) is 0. The lowest BCUT2D eigenvalue weighted by molar-refractivity contribution is -0.0453. The maximum absolute atomic E-state index is 12.6. The Balaban J connectivity index is 2.09. The summed E-state index contributed by atoms with van der Waals surface area (Å²) in [5.41, 5.74) is 0.868. The predicted octanol–water partition coefficient (Wildman–Crippen LogP) is 0.867. The average molecular weight is 299 g/mol. The van der Waals surface area contributed by atoms with Crippen LogP contribution in [-0.4, -0.2) is 54.4 Å². The fourth-order valence-electron chi connectivity index (χ4n) is 2.35. The first-order valence-corrected chi connectivity index (χ1v) is 8.05. The standard InChI is InChI=1S/C13H21N3O3S/c1-11-8-16(9-12(2)19-11)20(17,18)15(3)10-13-5-4-6-14-7-13/h4-7,11-12H,8-10H2,1-3H3/t11-,12+. The molecule has 7 heteroatoms. The van der Waals surface area contributed by atoms with Crippen LogP contribution in [0.3, 0.4) is 0 Å². The first kappa shape index (κ1) is 15.4. The third-order valence-electron chi connectivity index (χ3n) is 3.23. The smallest absolute Gasteiger partial charge is 0.282 e. The van der Waals surface area contributed by atoms with E-state index in [1.165, 1.54) is 8.61 Å². The van der Waals surface area contributed by atoms with Gasteiger partial charge in [-0.3, -0.25) is 4.98 Å². The van der Waals surface area contributed by atoms with Gasteiger partial charge in [-0.25, -0.2) is 0 Å². The predicted molar refractivity (Wildman–Crippen MR) is 76.2 cm³/mol. The minimum absolute atomic E-state index is 0.0830. The largest absolute Gasteiger partial charge is 0.373 e. The fraction of sp³-hybridized carbons (Fsp3) is 0.615. The van der Waals surface area contributed by atoms with Crippen molar-refractivity contribution in [3.05, 3.63) is 30.1 Å². The van der Waals surface area contributed by atoms with Crippen molar-refractivity contribution in [2.45, 2.75) is 32.6 Å². The van der Waals surface area contributed by atoms with E-state index in [1.807, 2.05) is 19.9 Å². The summed E-state index contributed by atoms with van der Waals surface area (Å²) in [6.07, 6.45) is 3.18. The Kier molecular flexibility index (Phi) is 4.74. The number of aromatic nitrogens is 1. The highest BCUT2D eigenvalue weighted by molar-refractivity contribution is 7.86. The van der Waals surface area contributed by atoms with Gasteiger partial charge in [0, 0.05) is 39.1 Å². The molecular weight excluding hydrogens is 278 g/mol. The van der Waals surface area contributed by atoms with Crippen LogP contribution in [0.5, 0.6) is 0 Å². The Morgan fingerprint density at radius 1 is 1.40 bits per heavy atom. The lowest BCUT2D eigenvalue weighted by Gasteiger charge is -2.36. The van der Waals surface area contributed by atoms with E-state index in [4.69, 9.17) is 4.74 Å². The number of hydrogen-bond acceptors (Lipinski definition) is 4. The molecule has 1 saturated heterocycles. The van der Waals surface area contributed by atoms with E-state index in [0.29, 0.717) is 19.6 Å². The van der Waals surface area contributed by atoms with E-state index < -0.39 is 10.2 Å². The van der Waals surface area contributed by atoms with E-state index in [2.05, 4.69) is 4.98 Å². The summed E-state index contributed by atoms with van der Waals surface area (Å²) in [6.45, 7) is 4.88. The molecule has 1 aromatic heterocycles. The number of morpholine rings is 1. The van der Waals surface area contributed by atoms with E-state index in [1.54, 1.807) is 25.5 Å². The first-order chi connectivity index (χ1) is 9.39. The van der Waals surface area contributed by atoms with E-state index in [9.17, 15) is 8.42 Å². The zero-order valence-electron chi connectivity index (χ0n) is 12.1. The van der Waals surface area contributed by atoms with Crippen LogP contribution in [0.2, 0.25) is 0 Å². The molecule has 2 atom stereocenters. The number of nitrogens with zero attached hydrogens (tertiary/aromatic N) is 3. The molecule has 0 aliphatic carbocycles. The van der Waals surface area contributed by atoms with Gasteiger partial charge in [-0.15, -0.1) is 0 Å². The van der Waals surface area contributed by atoms with Gasteiger partial charge in [-0.05, 0) is 25.5 Å². The number of rotatable bonds is 4. The summed E-state index contributed by atoms with van der Waals surface area (Å²) >= 11 is 0. The molecule has 0 spiro atoms. The van der Waals surface area contributed by atoms with E-state index >= 15 is 0 Å². The quantitative estimate of drug-likeness (QED) is 0.827. The Morgan fingerprint density at radius 2 is 2.05 bits per heavy atom. The van der Waals surface area contributed by atoms with Gasteiger partial charge in [0.2, 0.25) is 0 Å². The molecule has 0 unspecified atom stereocenters. The summed E-state index contributed by atoms with van der Waals surface area (Å²) in [5.74, 6) is 0. The Hall–Kier alpha value is -1.02. The van der Waals surface area contributed by atoms with Gasteiger partial charge in [0.15, 0.2) is 0 Å². The average Bonchev–Trinajstić information content (AvgIpc) is 2.38. The summed E-state index contributed by atoms with van der Waals surface area (Å²) in [7, 11) is -1.88. The molecule has 20 heavy (non-hydrogen) atoms. The molecule has 112 valence electrons. The molecule has 2 heterocycles. The van der Waals surface area contributed by atoms with Crippen molar-refractivity contribution in [1.82, 2.24) is 13.6 Å². The lowest BCUT2D eigenvalue weighted by atomic mass is 10.3. The van der Waals surface area contributed by atoms with E-state index in [0.717, 1.165) is 5.56 Å². The van der Waals surface area contributed by atoms with Gasteiger partial charge in [-0.2, -0.15) is 17.0 Å². The second-order valence-corrected chi connectivity index (χ2v) is 7.23. The third-order valence-corrected chi connectivity index (χ3v) is 5.10. The Labute approximate surface area is 120 Å². The highest BCUT2D eigenvalue weighted by Gasteiger charge is 2.33. The summed E-state index contributed by atoms with van der Waals surface area (Å²) in [5, 5.41) is 0. The van der Waals surface area contributed by atoms with Crippen molar-refractivity contribution in [3.8, 4) is 0 Å². The molecule has 0 N–H and O–H groups in total. The third kappa shape index (κ3) is 3.54. The molecule has 0 saturated carbocycles. The normalized spacial score (nSPS) is 25.0. The Morgan fingerprint density at radius 3 is 2.60 bits per heavy atom. The highest BCUT2D eigenvalue weighted by atomic mass is 32.2. The molecule has 0 radical (unpaired) electrons. The molecule has 1 aromatic rings. The van der Waals surface area contributed by atoms with Crippen LogP contribution >= 0.6 is 0 Å². The van der Waals surface area contributed by atoms with Crippen molar-refractivity contribution in [1.29, 1.82) is 0 Å². The van der Waals surface area contributed by atoms with Crippen molar-refractivity contribution >= 4 is 10.2 Å². The lowest BCUT2D eigenvalue weighted by Crippen LogP contribution is -2.52. The molecule has 1 fully saturated rings. The number of pyridine rings is 1. The minimum atomic E-state index is -3.47. The van der Waals surface area contributed by atoms with Crippen LogP contribution in [0.25, 0.3) is 0 Å². The van der Waals surface area contributed by atoms with Crippen molar-refractivity contribution in [2.24, 2.45) is 0 Å². The first-order valence-electron chi connectivity index (χ1n) is 6.65. The second-order valence-electron chi connectivity index (χ2n) is 5.20. The van der Waals surface area contributed by atoms with Crippen LogP contribution in [0.15, 0.2) is 24.5 Å². The molecule has 1 aliphatic rings. The van der Waals surface area contributed by atoms with Gasteiger partial charge in [0.05, 0.1) is 12.2 Å². The molecule has 0 amide bonds.